The van der Waals surface area contributed by atoms with Gasteiger partial charge in [0.1, 0.15) is 11.6 Å². The molecule has 112 valence electrons. The van der Waals surface area contributed by atoms with Gasteiger partial charge >= 0.3 is 0 Å². The van der Waals surface area contributed by atoms with Crippen LogP contribution in [0.2, 0.25) is 0 Å². The molecule has 0 aliphatic carbocycles. The number of benzene rings is 1. The number of nitrogens with zero attached hydrogens (tertiary/aromatic N) is 2. The second-order valence-corrected chi connectivity index (χ2v) is 5.78. The second-order valence-electron chi connectivity index (χ2n) is 4.86. The number of hydrogen-bond acceptors (Lipinski definition) is 3. The van der Waals surface area contributed by atoms with Crippen molar-refractivity contribution in [3.05, 3.63) is 57.9 Å². The number of hydrogen-bond donors (Lipinski definition) is 1. The Balaban J connectivity index is 2.22. The van der Waals surface area contributed by atoms with Gasteiger partial charge in [-0.05, 0) is 34.6 Å². The van der Waals surface area contributed by atoms with E-state index in [0.717, 1.165) is 28.9 Å². The summed E-state index contributed by atoms with van der Waals surface area (Å²) in [5, 5.41) is 3.30. The van der Waals surface area contributed by atoms with E-state index >= 15 is 0 Å². The molecule has 21 heavy (non-hydrogen) atoms. The monoisotopic (exact) mass is 351 g/mol. The van der Waals surface area contributed by atoms with E-state index in [0.29, 0.717) is 12.1 Å². The zero-order valence-electron chi connectivity index (χ0n) is 12.2. The molecule has 0 spiro atoms. The molecule has 1 heterocycles. The van der Waals surface area contributed by atoms with Gasteiger partial charge in [0.25, 0.3) is 0 Å². The molecule has 0 fully saturated rings. The fourth-order valence-electron chi connectivity index (χ4n) is 2.16. The average Bonchev–Trinajstić information content (AvgIpc) is 2.47. The first-order valence-electron chi connectivity index (χ1n) is 6.91. The number of anilines is 1. The minimum absolute atomic E-state index is 0.185. The molecule has 0 aliphatic rings. The summed E-state index contributed by atoms with van der Waals surface area (Å²) < 4.78 is 14.7. The summed E-state index contributed by atoms with van der Waals surface area (Å²) in [6, 6.07) is 8.88. The molecular weight excluding hydrogens is 333 g/mol. The van der Waals surface area contributed by atoms with Gasteiger partial charge in [-0.2, -0.15) is 0 Å². The van der Waals surface area contributed by atoms with Crippen LogP contribution in [-0.2, 0) is 13.1 Å². The third-order valence-electron chi connectivity index (χ3n) is 3.20. The van der Waals surface area contributed by atoms with Crippen molar-refractivity contribution >= 4 is 21.7 Å². The normalized spacial score (nSPS) is 10.7. The maximum Gasteiger partial charge on any atom is 0.133 e. The molecule has 0 bridgehead atoms. The standard InChI is InChI=1S/C16H19BrFN3/c1-3-19-9-13-8-14(17)10-20-16(13)21(2)11-12-6-4-5-7-15(12)18/h4-8,10,19H,3,9,11H2,1-2H3. The molecule has 2 aromatic rings. The molecule has 1 aromatic heterocycles. The summed E-state index contributed by atoms with van der Waals surface area (Å²) in [5.74, 6) is 0.678. The molecule has 0 saturated heterocycles. The smallest absolute Gasteiger partial charge is 0.133 e. The lowest BCUT2D eigenvalue weighted by molar-refractivity contribution is 0.607. The molecule has 0 amide bonds. The molecule has 1 aromatic carbocycles. The first kappa shape index (κ1) is 15.9. The van der Waals surface area contributed by atoms with Crippen molar-refractivity contribution in [1.29, 1.82) is 0 Å². The SMILES string of the molecule is CCNCc1cc(Br)cnc1N(C)Cc1ccccc1F. The van der Waals surface area contributed by atoms with E-state index in [1.807, 2.05) is 24.1 Å². The predicted molar refractivity (Wildman–Crippen MR) is 87.8 cm³/mol. The Kier molecular flexibility index (Phi) is 5.70. The summed E-state index contributed by atoms with van der Waals surface area (Å²) in [6.45, 7) is 4.18. The number of halogens is 2. The quantitative estimate of drug-likeness (QED) is 0.859. The van der Waals surface area contributed by atoms with E-state index in [1.165, 1.54) is 6.07 Å². The highest BCUT2D eigenvalue weighted by molar-refractivity contribution is 9.10. The van der Waals surface area contributed by atoms with Crippen molar-refractivity contribution in [2.24, 2.45) is 0 Å². The topological polar surface area (TPSA) is 28.2 Å². The van der Waals surface area contributed by atoms with Crippen molar-refractivity contribution in [2.75, 3.05) is 18.5 Å². The van der Waals surface area contributed by atoms with E-state index in [-0.39, 0.29) is 5.82 Å². The zero-order valence-corrected chi connectivity index (χ0v) is 13.8. The maximum absolute atomic E-state index is 13.8. The highest BCUT2D eigenvalue weighted by Crippen LogP contribution is 2.22. The Morgan fingerprint density at radius 3 is 2.76 bits per heavy atom. The van der Waals surface area contributed by atoms with Gasteiger partial charge in [-0.15, -0.1) is 0 Å². The van der Waals surface area contributed by atoms with Gasteiger partial charge in [-0.3, -0.25) is 0 Å². The van der Waals surface area contributed by atoms with Crippen molar-refractivity contribution in [2.45, 2.75) is 20.0 Å². The van der Waals surface area contributed by atoms with Gasteiger partial charge in [-0.1, -0.05) is 25.1 Å². The van der Waals surface area contributed by atoms with Crippen LogP contribution < -0.4 is 10.2 Å². The molecule has 1 N–H and O–H groups in total. The van der Waals surface area contributed by atoms with Crippen LogP contribution in [0, 0.1) is 5.82 Å². The zero-order chi connectivity index (χ0) is 15.2. The van der Waals surface area contributed by atoms with Gasteiger partial charge in [0.05, 0.1) is 0 Å². The fraction of sp³-hybridized carbons (Fsp3) is 0.312. The minimum Gasteiger partial charge on any atom is -0.355 e. The van der Waals surface area contributed by atoms with Crippen LogP contribution in [0.5, 0.6) is 0 Å². The molecule has 2 rings (SSSR count). The van der Waals surface area contributed by atoms with Crippen LogP contribution >= 0.6 is 15.9 Å². The van der Waals surface area contributed by atoms with Crippen LogP contribution in [0.15, 0.2) is 41.0 Å². The highest BCUT2D eigenvalue weighted by Gasteiger charge is 2.12. The van der Waals surface area contributed by atoms with Crippen molar-refractivity contribution in [3.8, 4) is 0 Å². The fourth-order valence-corrected chi connectivity index (χ4v) is 2.54. The maximum atomic E-state index is 13.8. The molecule has 5 heteroatoms. The molecule has 0 atom stereocenters. The molecule has 0 radical (unpaired) electrons. The summed E-state index contributed by atoms with van der Waals surface area (Å²) in [6.07, 6.45) is 1.77. The molecule has 3 nitrogen and oxygen atoms in total. The average molecular weight is 352 g/mol. The Hall–Kier alpha value is -1.46. The number of pyridine rings is 1. The van der Waals surface area contributed by atoms with E-state index in [2.05, 4.69) is 33.2 Å². The lowest BCUT2D eigenvalue weighted by atomic mass is 10.2. The van der Waals surface area contributed by atoms with Gasteiger partial charge < -0.3 is 10.2 Å². The van der Waals surface area contributed by atoms with Gasteiger partial charge in [-0.25, -0.2) is 9.37 Å². The largest absolute Gasteiger partial charge is 0.355 e. The Morgan fingerprint density at radius 1 is 1.29 bits per heavy atom. The lowest BCUT2D eigenvalue weighted by Gasteiger charge is -2.22. The number of aromatic nitrogens is 1. The summed E-state index contributed by atoms with van der Waals surface area (Å²) in [5.41, 5.74) is 1.75. The van der Waals surface area contributed by atoms with Crippen LogP contribution in [0.25, 0.3) is 0 Å². The van der Waals surface area contributed by atoms with Gasteiger partial charge in [0.15, 0.2) is 0 Å². The molecule has 0 aliphatic heterocycles. The number of nitrogens with one attached hydrogen (secondary N) is 1. The van der Waals surface area contributed by atoms with Crippen molar-refractivity contribution < 1.29 is 4.39 Å². The molecular formula is C16H19BrFN3. The first-order valence-corrected chi connectivity index (χ1v) is 7.70. The van der Waals surface area contributed by atoms with Crippen LogP contribution in [0.3, 0.4) is 0 Å². The summed E-state index contributed by atoms with van der Waals surface area (Å²) in [7, 11) is 1.93. The van der Waals surface area contributed by atoms with Gasteiger partial charge in [0.2, 0.25) is 0 Å². The lowest BCUT2D eigenvalue weighted by Crippen LogP contribution is -2.22. The Morgan fingerprint density at radius 2 is 2.05 bits per heavy atom. The predicted octanol–water partition coefficient (Wildman–Crippen LogP) is 3.73. The van der Waals surface area contributed by atoms with Crippen LogP contribution in [-0.4, -0.2) is 18.6 Å². The third-order valence-corrected chi connectivity index (χ3v) is 3.64. The van der Waals surface area contributed by atoms with Crippen molar-refractivity contribution in [3.63, 3.8) is 0 Å². The highest BCUT2D eigenvalue weighted by atomic mass is 79.9. The third kappa shape index (κ3) is 4.25. The molecule has 0 saturated carbocycles. The van der Waals surface area contributed by atoms with Crippen molar-refractivity contribution in [1.82, 2.24) is 10.3 Å². The van der Waals surface area contributed by atoms with E-state index < -0.39 is 0 Å². The second kappa shape index (κ2) is 7.52. The van der Waals surface area contributed by atoms with E-state index in [4.69, 9.17) is 0 Å². The summed E-state index contributed by atoms with van der Waals surface area (Å²) >= 11 is 3.45. The summed E-state index contributed by atoms with van der Waals surface area (Å²) in [4.78, 5) is 6.44. The molecule has 0 unspecified atom stereocenters. The first-order chi connectivity index (χ1) is 10.1. The van der Waals surface area contributed by atoms with E-state index in [1.54, 1.807) is 18.3 Å². The van der Waals surface area contributed by atoms with Crippen LogP contribution in [0.1, 0.15) is 18.1 Å². The van der Waals surface area contributed by atoms with Crippen LogP contribution in [0.4, 0.5) is 10.2 Å². The Bertz CT molecular complexity index is 604. The number of rotatable bonds is 6. The van der Waals surface area contributed by atoms with E-state index in [9.17, 15) is 4.39 Å². The van der Waals surface area contributed by atoms with Gasteiger partial charge in [0, 0.05) is 41.9 Å². The minimum atomic E-state index is -0.185. The Labute approximate surface area is 133 Å².